The Kier molecular flexibility index (Phi) is 4.08. The molecule has 1 aromatic heterocycles. The van der Waals surface area contributed by atoms with Gasteiger partial charge in [-0.3, -0.25) is 4.79 Å². The topological polar surface area (TPSA) is 89.3 Å². The van der Waals surface area contributed by atoms with Crippen LogP contribution in [0, 0.1) is 0 Å². The number of ketones is 1. The average molecular weight is 388 g/mol. The van der Waals surface area contributed by atoms with E-state index in [9.17, 15) is 9.90 Å². The van der Waals surface area contributed by atoms with E-state index in [1.54, 1.807) is 30.0 Å². The molecule has 0 saturated heterocycles. The molecule has 5 rings (SSSR count). The van der Waals surface area contributed by atoms with Crippen LogP contribution in [0.3, 0.4) is 0 Å². The van der Waals surface area contributed by atoms with Crippen LogP contribution in [0.1, 0.15) is 30.9 Å². The summed E-state index contributed by atoms with van der Waals surface area (Å²) in [7, 11) is 1.63. The Balaban J connectivity index is 1.66. The van der Waals surface area contributed by atoms with Crippen molar-refractivity contribution < 1.29 is 14.6 Å². The minimum absolute atomic E-state index is 0.139. The molecule has 2 N–H and O–H groups in total. The second kappa shape index (κ2) is 6.77. The number of hydrogen-bond acceptors (Lipinski definition) is 6. The first kappa shape index (κ1) is 17.5. The number of hydrogen-bond donors (Lipinski definition) is 2. The molecule has 0 bridgehead atoms. The van der Waals surface area contributed by atoms with Crippen molar-refractivity contribution in [1.29, 1.82) is 0 Å². The first-order valence-corrected chi connectivity index (χ1v) is 9.57. The Morgan fingerprint density at radius 3 is 2.76 bits per heavy atom. The van der Waals surface area contributed by atoms with E-state index in [0.29, 0.717) is 23.8 Å². The molecule has 0 radical (unpaired) electrons. The molecule has 2 aromatic carbocycles. The van der Waals surface area contributed by atoms with Gasteiger partial charge in [-0.05, 0) is 42.7 Å². The van der Waals surface area contributed by atoms with Crippen LogP contribution in [-0.2, 0) is 4.79 Å². The molecular formula is C22H20N4O3. The van der Waals surface area contributed by atoms with Crippen LogP contribution < -0.4 is 10.1 Å². The maximum atomic E-state index is 12.8. The molecule has 29 heavy (non-hydrogen) atoms. The number of phenols is 1. The minimum atomic E-state index is -0.349. The van der Waals surface area contributed by atoms with Crippen LogP contribution in [0.25, 0.3) is 11.4 Å². The lowest BCUT2D eigenvalue weighted by Gasteiger charge is -2.32. The normalized spacial score (nSPS) is 18.1. The third kappa shape index (κ3) is 2.95. The number of Topliss-reactive ketones (excluding diaryl/α,β-unsaturated/α-hetero) is 1. The van der Waals surface area contributed by atoms with Gasteiger partial charge in [0.05, 0.1) is 7.11 Å². The summed E-state index contributed by atoms with van der Waals surface area (Å²) in [5, 5.41) is 17.8. The number of fused-ring (bicyclic) bond motifs is 1. The Hall–Kier alpha value is -3.61. The highest BCUT2D eigenvalue weighted by Gasteiger charge is 2.36. The van der Waals surface area contributed by atoms with Crippen LogP contribution >= 0.6 is 0 Å². The molecule has 1 aliphatic heterocycles. The van der Waals surface area contributed by atoms with Gasteiger partial charge in [0, 0.05) is 23.3 Å². The first-order chi connectivity index (χ1) is 14.1. The van der Waals surface area contributed by atoms with Gasteiger partial charge in [-0.1, -0.05) is 24.3 Å². The molecule has 0 amide bonds. The number of methoxy groups -OCH3 is 1. The van der Waals surface area contributed by atoms with Crippen LogP contribution in [0.15, 0.2) is 59.8 Å². The predicted octanol–water partition coefficient (Wildman–Crippen LogP) is 3.68. The first-order valence-electron chi connectivity index (χ1n) is 9.57. The molecule has 3 aromatic rings. The van der Waals surface area contributed by atoms with Crippen molar-refractivity contribution in [3.05, 3.63) is 65.4 Å². The highest BCUT2D eigenvalue weighted by Crippen LogP contribution is 2.41. The maximum absolute atomic E-state index is 12.8. The van der Waals surface area contributed by atoms with Gasteiger partial charge in [-0.25, -0.2) is 4.68 Å². The number of nitrogens with zero attached hydrogens (tertiary/aromatic N) is 3. The van der Waals surface area contributed by atoms with Gasteiger partial charge in [0.25, 0.3) is 0 Å². The zero-order chi connectivity index (χ0) is 20.0. The zero-order valence-corrected chi connectivity index (χ0v) is 15.9. The molecule has 2 heterocycles. The molecule has 7 nitrogen and oxygen atoms in total. The van der Waals surface area contributed by atoms with Gasteiger partial charge < -0.3 is 15.2 Å². The third-order valence-corrected chi connectivity index (χ3v) is 5.40. The van der Waals surface area contributed by atoms with Crippen molar-refractivity contribution in [1.82, 2.24) is 14.8 Å². The molecular weight excluding hydrogens is 368 g/mol. The van der Waals surface area contributed by atoms with Gasteiger partial charge in [0.2, 0.25) is 5.95 Å². The van der Waals surface area contributed by atoms with E-state index in [1.165, 1.54) is 0 Å². The van der Waals surface area contributed by atoms with E-state index in [-0.39, 0.29) is 17.6 Å². The van der Waals surface area contributed by atoms with Crippen molar-refractivity contribution in [2.24, 2.45) is 0 Å². The number of nitrogens with one attached hydrogen (secondary N) is 1. The van der Waals surface area contributed by atoms with Gasteiger partial charge in [-0.2, -0.15) is 4.98 Å². The number of allylic oxidation sites excluding steroid dienone is 2. The molecule has 0 fully saturated rings. The summed E-state index contributed by atoms with van der Waals surface area (Å²) in [5.74, 6) is 2.14. The molecule has 1 atom stereocenters. The largest absolute Gasteiger partial charge is 0.508 e. The molecule has 0 saturated carbocycles. The maximum Gasteiger partial charge on any atom is 0.226 e. The highest BCUT2D eigenvalue weighted by molar-refractivity contribution is 5.99. The number of carbonyl (C=O) groups excluding carboxylic acids is 1. The van der Waals surface area contributed by atoms with E-state index in [1.807, 2.05) is 30.3 Å². The third-order valence-electron chi connectivity index (χ3n) is 5.40. The van der Waals surface area contributed by atoms with Crippen LogP contribution in [0.5, 0.6) is 11.5 Å². The average Bonchev–Trinajstić information content (AvgIpc) is 3.16. The number of benzene rings is 2. The Bertz CT molecular complexity index is 1130. The van der Waals surface area contributed by atoms with Crippen molar-refractivity contribution in [3.8, 4) is 22.9 Å². The van der Waals surface area contributed by atoms with E-state index in [2.05, 4.69) is 10.3 Å². The minimum Gasteiger partial charge on any atom is -0.508 e. The Morgan fingerprint density at radius 2 is 2.00 bits per heavy atom. The number of aromatic nitrogens is 3. The summed E-state index contributed by atoms with van der Waals surface area (Å²) in [6, 6.07) is 14.2. The molecule has 146 valence electrons. The number of aromatic hydroxyl groups is 1. The fourth-order valence-corrected chi connectivity index (χ4v) is 4.02. The predicted molar refractivity (Wildman–Crippen MR) is 108 cm³/mol. The Labute approximate surface area is 167 Å². The van der Waals surface area contributed by atoms with Gasteiger partial charge >= 0.3 is 0 Å². The number of anilines is 1. The Morgan fingerprint density at radius 1 is 1.17 bits per heavy atom. The standard InChI is InChI=1S/C22H20N4O3/c1-29-16-10-8-13(9-11-16)20-19-17(6-3-7-18(19)28)23-22-24-21(25-26(20)22)14-4-2-5-15(27)12-14/h2,4-5,8-12,20,27H,3,6-7H2,1H3,(H,23,24,25)/t20-/m1/s1. The lowest BCUT2D eigenvalue weighted by atomic mass is 9.85. The lowest BCUT2D eigenvalue weighted by Crippen LogP contribution is -2.31. The van der Waals surface area contributed by atoms with E-state index in [0.717, 1.165) is 35.4 Å². The lowest BCUT2D eigenvalue weighted by molar-refractivity contribution is -0.116. The summed E-state index contributed by atoms with van der Waals surface area (Å²) >= 11 is 0. The van der Waals surface area contributed by atoms with Crippen molar-refractivity contribution >= 4 is 11.7 Å². The van der Waals surface area contributed by atoms with E-state index < -0.39 is 0 Å². The summed E-state index contributed by atoms with van der Waals surface area (Å²) < 4.78 is 7.04. The van der Waals surface area contributed by atoms with Crippen molar-refractivity contribution in [2.75, 3.05) is 12.4 Å². The fraction of sp³-hybridized carbons (Fsp3) is 0.227. The van der Waals surface area contributed by atoms with Gasteiger partial charge in [0.1, 0.15) is 17.5 Å². The second-order valence-electron chi connectivity index (χ2n) is 7.22. The summed E-state index contributed by atoms with van der Waals surface area (Å²) in [6.45, 7) is 0. The summed E-state index contributed by atoms with van der Waals surface area (Å²) in [6.07, 6.45) is 2.17. The van der Waals surface area contributed by atoms with Crippen LogP contribution in [0.4, 0.5) is 5.95 Å². The van der Waals surface area contributed by atoms with Gasteiger partial charge in [-0.15, -0.1) is 5.10 Å². The van der Waals surface area contributed by atoms with Crippen molar-refractivity contribution in [2.45, 2.75) is 25.3 Å². The number of ether oxygens (including phenoxy) is 1. The molecule has 2 aliphatic rings. The number of phenolic OH excluding ortho intramolecular Hbond substituents is 1. The number of carbonyl (C=O) groups is 1. The fourth-order valence-electron chi connectivity index (χ4n) is 4.02. The smallest absolute Gasteiger partial charge is 0.226 e. The monoisotopic (exact) mass is 388 g/mol. The number of rotatable bonds is 3. The SMILES string of the molecule is COc1ccc([C@@H]2C3=C(CCCC3=O)Nc3nc(-c4cccc(O)c4)nn32)cc1. The van der Waals surface area contributed by atoms with Crippen LogP contribution in [0.2, 0.25) is 0 Å². The highest BCUT2D eigenvalue weighted by atomic mass is 16.5. The van der Waals surface area contributed by atoms with Gasteiger partial charge in [0.15, 0.2) is 11.6 Å². The van der Waals surface area contributed by atoms with E-state index >= 15 is 0 Å². The molecule has 0 spiro atoms. The van der Waals surface area contributed by atoms with Crippen LogP contribution in [-0.4, -0.2) is 32.8 Å². The van der Waals surface area contributed by atoms with Crippen molar-refractivity contribution in [3.63, 3.8) is 0 Å². The molecule has 0 unspecified atom stereocenters. The molecule has 7 heteroatoms. The quantitative estimate of drug-likeness (QED) is 0.711. The summed E-state index contributed by atoms with van der Waals surface area (Å²) in [4.78, 5) is 17.5. The molecule has 1 aliphatic carbocycles. The van der Waals surface area contributed by atoms with E-state index in [4.69, 9.17) is 9.84 Å². The second-order valence-corrected chi connectivity index (χ2v) is 7.22. The zero-order valence-electron chi connectivity index (χ0n) is 15.9. The summed E-state index contributed by atoms with van der Waals surface area (Å²) in [5.41, 5.74) is 3.33.